The summed E-state index contributed by atoms with van der Waals surface area (Å²) in [4.78, 5) is 14.6. The van der Waals surface area contributed by atoms with Crippen molar-refractivity contribution in [3.8, 4) is 5.88 Å². The van der Waals surface area contributed by atoms with Gasteiger partial charge in [-0.25, -0.2) is 9.78 Å². The van der Waals surface area contributed by atoms with E-state index in [2.05, 4.69) is 27.5 Å². The number of methoxy groups -OCH3 is 1. The van der Waals surface area contributed by atoms with Crippen molar-refractivity contribution in [3.05, 3.63) is 28.9 Å². The quantitative estimate of drug-likeness (QED) is 0.842. The van der Waals surface area contributed by atoms with Gasteiger partial charge in [-0.1, -0.05) is 6.58 Å². The standard InChI is InChI=1S/C9H8BrNO3/c1-5(9(12)13)7-3-6(10)4-11-8(7)14-2/h3-4H,1H2,2H3,(H,12,13). The number of hydrogen-bond acceptors (Lipinski definition) is 3. The number of halogens is 1. The average molecular weight is 258 g/mol. The average Bonchev–Trinajstić information content (AvgIpc) is 2.16. The summed E-state index contributed by atoms with van der Waals surface area (Å²) in [7, 11) is 1.43. The highest BCUT2D eigenvalue weighted by Gasteiger charge is 2.14. The molecule has 0 radical (unpaired) electrons. The third-order valence-corrected chi connectivity index (χ3v) is 2.03. The first-order chi connectivity index (χ1) is 6.56. The minimum Gasteiger partial charge on any atom is -0.481 e. The van der Waals surface area contributed by atoms with E-state index >= 15 is 0 Å². The topological polar surface area (TPSA) is 59.4 Å². The van der Waals surface area contributed by atoms with Crippen LogP contribution in [0.1, 0.15) is 5.56 Å². The molecule has 0 bridgehead atoms. The van der Waals surface area contributed by atoms with Crippen LogP contribution in [-0.4, -0.2) is 23.2 Å². The van der Waals surface area contributed by atoms with E-state index in [1.165, 1.54) is 13.3 Å². The highest BCUT2D eigenvalue weighted by atomic mass is 79.9. The van der Waals surface area contributed by atoms with Gasteiger partial charge in [0.25, 0.3) is 0 Å². The predicted molar refractivity (Wildman–Crippen MR) is 55.2 cm³/mol. The van der Waals surface area contributed by atoms with Gasteiger partial charge in [-0.3, -0.25) is 0 Å². The molecule has 1 aromatic rings. The van der Waals surface area contributed by atoms with Crippen LogP contribution in [0.5, 0.6) is 5.88 Å². The maximum absolute atomic E-state index is 10.7. The number of carboxylic acid groups (broad SMARTS) is 1. The third-order valence-electron chi connectivity index (χ3n) is 1.59. The van der Waals surface area contributed by atoms with Crippen LogP contribution in [0, 0.1) is 0 Å². The van der Waals surface area contributed by atoms with Crippen molar-refractivity contribution < 1.29 is 14.6 Å². The van der Waals surface area contributed by atoms with Gasteiger partial charge in [-0.15, -0.1) is 0 Å². The zero-order chi connectivity index (χ0) is 10.7. The molecule has 0 aromatic carbocycles. The molecule has 0 aliphatic heterocycles. The first kappa shape index (κ1) is 10.7. The molecule has 0 atom stereocenters. The van der Waals surface area contributed by atoms with Gasteiger partial charge in [0.2, 0.25) is 5.88 Å². The Kier molecular flexibility index (Phi) is 3.24. The highest BCUT2D eigenvalue weighted by Crippen LogP contribution is 2.25. The van der Waals surface area contributed by atoms with Crippen LogP contribution in [0.15, 0.2) is 23.3 Å². The van der Waals surface area contributed by atoms with E-state index in [1.807, 2.05) is 0 Å². The maximum Gasteiger partial charge on any atom is 0.335 e. The fourth-order valence-corrected chi connectivity index (χ4v) is 1.25. The van der Waals surface area contributed by atoms with Crippen LogP contribution < -0.4 is 4.74 Å². The second-order valence-electron chi connectivity index (χ2n) is 2.49. The summed E-state index contributed by atoms with van der Waals surface area (Å²) in [5.74, 6) is -0.844. The number of hydrogen-bond donors (Lipinski definition) is 1. The summed E-state index contributed by atoms with van der Waals surface area (Å²) in [6.45, 7) is 3.43. The number of aliphatic carboxylic acids is 1. The minimum atomic E-state index is -1.09. The molecule has 5 heteroatoms. The number of nitrogens with zero attached hydrogens (tertiary/aromatic N) is 1. The fourth-order valence-electron chi connectivity index (χ4n) is 0.921. The number of carbonyl (C=O) groups is 1. The van der Waals surface area contributed by atoms with Gasteiger partial charge in [-0.2, -0.15) is 0 Å². The molecule has 0 aliphatic rings. The molecule has 1 heterocycles. The van der Waals surface area contributed by atoms with Crippen molar-refractivity contribution in [2.75, 3.05) is 7.11 Å². The second-order valence-corrected chi connectivity index (χ2v) is 3.41. The Morgan fingerprint density at radius 1 is 1.71 bits per heavy atom. The Bertz CT molecular complexity index is 390. The van der Waals surface area contributed by atoms with Crippen molar-refractivity contribution >= 4 is 27.5 Å². The summed E-state index contributed by atoms with van der Waals surface area (Å²) in [6, 6.07) is 1.60. The fraction of sp³-hybridized carbons (Fsp3) is 0.111. The van der Waals surface area contributed by atoms with Gasteiger partial charge in [0.1, 0.15) is 0 Å². The number of carboxylic acids is 1. The van der Waals surface area contributed by atoms with E-state index in [-0.39, 0.29) is 11.5 Å². The summed E-state index contributed by atoms with van der Waals surface area (Å²) >= 11 is 3.19. The lowest BCUT2D eigenvalue weighted by Gasteiger charge is -2.06. The molecule has 4 nitrogen and oxygen atoms in total. The third kappa shape index (κ3) is 2.11. The normalized spacial score (nSPS) is 9.57. The molecule has 1 rings (SSSR count). The maximum atomic E-state index is 10.7. The minimum absolute atomic E-state index is 0.0457. The van der Waals surface area contributed by atoms with Crippen molar-refractivity contribution in [1.29, 1.82) is 0 Å². The molecule has 0 spiro atoms. The Morgan fingerprint density at radius 3 is 2.86 bits per heavy atom. The molecule has 1 aromatic heterocycles. The van der Waals surface area contributed by atoms with Crippen LogP contribution in [-0.2, 0) is 4.79 Å². The van der Waals surface area contributed by atoms with E-state index in [9.17, 15) is 4.79 Å². The molecule has 74 valence electrons. The lowest BCUT2D eigenvalue weighted by atomic mass is 10.1. The smallest absolute Gasteiger partial charge is 0.335 e. The van der Waals surface area contributed by atoms with Crippen molar-refractivity contribution in [1.82, 2.24) is 4.98 Å². The number of ether oxygens (including phenoxy) is 1. The van der Waals surface area contributed by atoms with Crippen LogP contribution >= 0.6 is 15.9 Å². The molecule has 0 fully saturated rings. The monoisotopic (exact) mass is 257 g/mol. The van der Waals surface area contributed by atoms with Crippen molar-refractivity contribution in [2.24, 2.45) is 0 Å². The van der Waals surface area contributed by atoms with E-state index in [0.29, 0.717) is 10.0 Å². The van der Waals surface area contributed by atoms with E-state index in [0.717, 1.165) is 0 Å². The summed E-state index contributed by atoms with van der Waals surface area (Å²) < 4.78 is 5.59. The first-order valence-electron chi connectivity index (χ1n) is 3.68. The van der Waals surface area contributed by atoms with Crippen LogP contribution in [0.2, 0.25) is 0 Å². The van der Waals surface area contributed by atoms with Gasteiger partial charge in [-0.05, 0) is 22.0 Å². The summed E-state index contributed by atoms with van der Waals surface area (Å²) in [5.41, 5.74) is 0.324. The lowest BCUT2D eigenvalue weighted by molar-refractivity contribution is -0.130. The molecular weight excluding hydrogens is 250 g/mol. The van der Waals surface area contributed by atoms with E-state index < -0.39 is 5.97 Å². The Hall–Kier alpha value is -1.36. The Balaban J connectivity index is 3.23. The van der Waals surface area contributed by atoms with Gasteiger partial charge >= 0.3 is 5.97 Å². The van der Waals surface area contributed by atoms with Crippen molar-refractivity contribution in [3.63, 3.8) is 0 Å². The molecule has 0 saturated carbocycles. The van der Waals surface area contributed by atoms with E-state index in [1.54, 1.807) is 6.07 Å². The van der Waals surface area contributed by atoms with Gasteiger partial charge in [0.05, 0.1) is 18.2 Å². The number of rotatable bonds is 3. The predicted octanol–water partition coefficient (Wildman–Crippen LogP) is 1.95. The lowest BCUT2D eigenvalue weighted by Crippen LogP contribution is -2.01. The number of pyridine rings is 1. The molecule has 14 heavy (non-hydrogen) atoms. The largest absolute Gasteiger partial charge is 0.481 e. The molecule has 0 amide bonds. The highest BCUT2D eigenvalue weighted by molar-refractivity contribution is 9.10. The second kappa shape index (κ2) is 4.23. The molecular formula is C9H8BrNO3. The zero-order valence-electron chi connectivity index (χ0n) is 7.45. The summed E-state index contributed by atoms with van der Waals surface area (Å²) in [5, 5.41) is 8.75. The molecule has 0 saturated heterocycles. The van der Waals surface area contributed by atoms with Crippen LogP contribution in [0.25, 0.3) is 5.57 Å². The molecule has 0 unspecified atom stereocenters. The Morgan fingerprint density at radius 2 is 2.36 bits per heavy atom. The zero-order valence-corrected chi connectivity index (χ0v) is 9.04. The summed E-state index contributed by atoms with van der Waals surface area (Å²) in [6.07, 6.45) is 1.53. The van der Waals surface area contributed by atoms with Gasteiger partial charge in [0.15, 0.2) is 0 Å². The number of aromatic nitrogens is 1. The van der Waals surface area contributed by atoms with E-state index in [4.69, 9.17) is 9.84 Å². The Labute approximate surface area is 89.4 Å². The van der Waals surface area contributed by atoms with Crippen molar-refractivity contribution in [2.45, 2.75) is 0 Å². The van der Waals surface area contributed by atoms with Crippen LogP contribution in [0.3, 0.4) is 0 Å². The first-order valence-corrected chi connectivity index (χ1v) is 4.47. The van der Waals surface area contributed by atoms with Crippen LogP contribution in [0.4, 0.5) is 0 Å². The van der Waals surface area contributed by atoms with Gasteiger partial charge < -0.3 is 9.84 Å². The van der Waals surface area contributed by atoms with Gasteiger partial charge in [0, 0.05) is 10.7 Å². The molecule has 0 aliphatic carbocycles. The molecule has 1 N–H and O–H groups in total. The SMILES string of the molecule is C=C(C(=O)O)c1cc(Br)cnc1OC.